The van der Waals surface area contributed by atoms with Gasteiger partial charge >= 0.3 is 29.6 Å². The van der Waals surface area contributed by atoms with Gasteiger partial charge in [0.05, 0.1) is 6.61 Å². The van der Waals surface area contributed by atoms with Crippen LogP contribution in [0.15, 0.2) is 0 Å². The van der Waals surface area contributed by atoms with Gasteiger partial charge in [-0.2, -0.15) is 0 Å². The molecule has 0 aliphatic carbocycles. The maximum atomic E-state index is 9.69. The Labute approximate surface area is 79.5 Å². The molecule has 9 heavy (non-hydrogen) atoms. The van der Waals surface area contributed by atoms with Gasteiger partial charge in [0.2, 0.25) is 0 Å². The Kier molecular flexibility index (Phi) is 8.52. The molecule has 0 saturated heterocycles. The van der Waals surface area contributed by atoms with Crippen LogP contribution in [0.3, 0.4) is 0 Å². The van der Waals surface area contributed by atoms with E-state index >= 15 is 0 Å². The number of hydrogen-bond donors (Lipinski definition) is 1. The van der Waals surface area contributed by atoms with Crippen molar-refractivity contribution in [1.82, 2.24) is 0 Å². The first-order valence-corrected chi connectivity index (χ1v) is 4.68. The van der Waals surface area contributed by atoms with E-state index in [-0.39, 0.29) is 52.7 Å². The Balaban J connectivity index is 0. The van der Waals surface area contributed by atoms with Crippen LogP contribution in [0.4, 0.5) is 0 Å². The van der Waals surface area contributed by atoms with Gasteiger partial charge in [-0.1, -0.05) is 0 Å². The minimum absolute atomic E-state index is 0. The zero-order valence-corrected chi connectivity index (χ0v) is 8.54. The number of hydrogen-bond acceptors (Lipinski definition) is 5. The van der Waals surface area contributed by atoms with Crippen molar-refractivity contribution < 1.29 is 47.6 Å². The summed E-state index contributed by atoms with van der Waals surface area (Å²) >= 11 is 0. The fraction of sp³-hybridized carbons (Fsp3) is 1.00. The Morgan fingerprint density at radius 2 is 2.00 bits per heavy atom. The van der Waals surface area contributed by atoms with E-state index in [4.69, 9.17) is 5.11 Å². The molecule has 0 rings (SSSR count). The average Bonchev–Trinajstić information content (AvgIpc) is 1.59. The van der Waals surface area contributed by atoms with E-state index in [1.807, 2.05) is 0 Å². The normalized spacial score (nSPS) is 10.4. The summed E-state index contributed by atoms with van der Waals surface area (Å²) in [7, 11) is -3.98. The molecule has 50 valence electrons. The second kappa shape index (κ2) is 5.96. The second-order valence-corrected chi connectivity index (χ2v) is 4.35. The van der Waals surface area contributed by atoms with Crippen LogP contribution in [0.2, 0.25) is 0 Å². The molecule has 0 heterocycles. The van der Waals surface area contributed by atoms with E-state index in [1.165, 1.54) is 0 Å². The largest absolute Gasteiger partial charge is 1.00 e. The Hall–Kier alpha value is 1.22. The quantitative estimate of drug-likeness (QED) is 0.273. The van der Waals surface area contributed by atoms with Gasteiger partial charge < -0.3 is 9.66 Å². The minimum Gasteiger partial charge on any atom is -0.739 e. The standard InChI is InChI=1S/C2H6O4S2.Na/c3-1-2-7-8(4,5)6;/h3H,1-2H2,(H,4,5,6);/q;+1/p-1. The summed E-state index contributed by atoms with van der Waals surface area (Å²) in [4.78, 5) is 0. The molecule has 0 fully saturated rings. The third-order valence-electron chi connectivity index (χ3n) is 0.319. The zero-order valence-electron chi connectivity index (χ0n) is 4.90. The fourth-order valence-electron chi connectivity index (χ4n) is 0.139. The van der Waals surface area contributed by atoms with Crippen molar-refractivity contribution in [3.8, 4) is 0 Å². The first kappa shape index (κ1) is 12.9. The van der Waals surface area contributed by atoms with Crippen molar-refractivity contribution >= 4 is 19.9 Å². The molecule has 0 aromatic carbocycles. The van der Waals surface area contributed by atoms with Crippen molar-refractivity contribution in [2.75, 3.05) is 12.4 Å². The summed E-state index contributed by atoms with van der Waals surface area (Å²) < 4.78 is 29.1. The van der Waals surface area contributed by atoms with Crippen LogP contribution >= 0.6 is 10.8 Å². The first-order chi connectivity index (χ1) is 3.56. The molecule has 0 aromatic rings. The summed E-state index contributed by atoms with van der Waals surface area (Å²) in [6.45, 7) is -0.286. The molecule has 0 radical (unpaired) electrons. The molecule has 0 spiro atoms. The van der Waals surface area contributed by atoms with Crippen molar-refractivity contribution in [3.63, 3.8) is 0 Å². The van der Waals surface area contributed by atoms with Crippen LogP contribution < -0.4 is 29.6 Å². The molecule has 0 atom stereocenters. The van der Waals surface area contributed by atoms with Gasteiger partial charge in [-0.15, -0.1) is 0 Å². The smallest absolute Gasteiger partial charge is 0.739 e. The molecule has 0 unspecified atom stereocenters. The van der Waals surface area contributed by atoms with Gasteiger partial charge in [-0.25, -0.2) is 8.42 Å². The first-order valence-electron chi connectivity index (χ1n) is 1.77. The zero-order chi connectivity index (χ0) is 6.62. The molecule has 0 aliphatic rings. The van der Waals surface area contributed by atoms with Crippen molar-refractivity contribution in [1.29, 1.82) is 0 Å². The monoisotopic (exact) mass is 180 g/mol. The average molecular weight is 180 g/mol. The topological polar surface area (TPSA) is 77.4 Å². The minimum atomic E-state index is -4.18. The van der Waals surface area contributed by atoms with E-state index in [0.29, 0.717) is 0 Å². The summed E-state index contributed by atoms with van der Waals surface area (Å²) in [5.41, 5.74) is 0. The van der Waals surface area contributed by atoms with E-state index in [9.17, 15) is 13.0 Å². The molecular weight excluding hydrogens is 175 g/mol. The predicted octanol–water partition coefficient (Wildman–Crippen LogP) is -3.82. The molecule has 7 heteroatoms. The Bertz CT molecular complexity index is 141. The van der Waals surface area contributed by atoms with Gasteiger partial charge in [-0.3, -0.25) is 0 Å². The van der Waals surface area contributed by atoms with E-state index in [2.05, 4.69) is 0 Å². The Morgan fingerprint density at radius 3 is 2.11 bits per heavy atom. The van der Waals surface area contributed by atoms with Crippen LogP contribution in [-0.4, -0.2) is 30.4 Å². The van der Waals surface area contributed by atoms with Gasteiger partial charge in [-0.05, 0) is 10.8 Å². The van der Waals surface area contributed by atoms with Crippen LogP contribution in [0.25, 0.3) is 0 Å². The Morgan fingerprint density at radius 1 is 1.56 bits per heavy atom. The fourth-order valence-corrected chi connectivity index (χ4v) is 1.25. The summed E-state index contributed by atoms with van der Waals surface area (Å²) in [6.07, 6.45) is 0. The molecule has 0 amide bonds. The third-order valence-corrected chi connectivity index (χ3v) is 2.32. The maximum absolute atomic E-state index is 9.69. The SMILES string of the molecule is O=S(=O)([O-])SCCO.[Na+]. The van der Waals surface area contributed by atoms with E-state index < -0.39 is 9.15 Å². The van der Waals surface area contributed by atoms with E-state index in [1.54, 1.807) is 0 Å². The van der Waals surface area contributed by atoms with Gasteiger partial charge in [0.25, 0.3) is 0 Å². The van der Waals surface area contributed by atoms with E-state index in [0.717, 1.165) is 0 Å². The molecule has 4 nitrogen and oxygen atoms in total. The number of aliphatic hydroxyl groups excluding tert-OH is 1. The second-order valence-electron chi connectivity index (χ2n) is 0.954. The molecule has 0 aromatic heterocycles. The molecular formula is C2H5NaO4S2. The molecule has 1 N–H and O–H groups in total. The molecule has 0 aliphatic heterocycles. The summed E-state index contributed by atoms with van der Waals surface area (Å²) in [6, 6.07) is 0. The predicted molar refractivity (Wildman–Crippen MR) is 29.2 cm³/mol. The van der Waals surface area contributed by atoms with Crippen molar-refractivity contribution in [2.45, 2.75) is 0 Å². The number of aliphatic hydroxyl groups is 1. The van der Waals surface area contributed by atoms with Crippen LogP contribution in [-0.2, 0) is 9.15 Å². The van der Waals surface area contributed by atoms with Gasteiger partial charge in [0.15, 0.2) is 0 Å². The van der Waals surface area contributed by atoms with Gasteiger partial charge in [0, 0.05) is 5.75 Å². The van der Waals surface area contributed by atoms with Crippen molar-refractivity contribution in [3.05, 3.63) is 0 Å². The van der Waals surface area contributed by atoms with Crippen molar-refractivity contribution in [2.24, 2.45) is 0 Å². The van der Waals surface area contributed by atoms with Gasteiger partial charge in [0.1, 0.15) is 9.15 Å². The van der Waals surface area contributed by atoms with Crippen LogP contribution in [0.1, 0.15) is 0 Å². The third kappa shape index (κ3) is 12.4. The maximum Gasteiger partial charge on any atom is 1.00 e. The van der Waals surface area contributed by atoms with Crippen LogP contribution in [0, 0.1) is 0 Å². The number of rotatable bonds is 3. The molecule has 0 bridgehead atoms. The summed E-state index contributed by atoms with van der Waals surface area (Å²) in [5, 5.41) is 8.01. The van der Waals surface area contributed by atoms with Crippen LogP contribution in [0.5, 0.6) is 0 Å². The summed E-state index contributed by atoms with van der Waals surface area (Å²) in [5.74, 6) is -0.0498. The molecule has 0 saturated carbocycles.